The Morgan fingerprint density at radius 3 is 2.76 bits per heavy atom. The summed E-state index contributed by atoms with van der Waals surface area (Å²) < 4.78 is 23.5. The molecule has 5 heteroatoms. The van der Waals surface area contributed by atoms with Crippen molar-refractivity contribution in [3.05, 3.63) is 29.3 Å². The smallest absolute Gasteiger partial charge is 0.241 e. The molecule has 2 rings (SSSR count). The summed E-state index contributed by atoms with van der Waals surface area (Å²) in [7, 11) is 1.54. The van der Waals surface area contributed by atoms with Gasteiger partial charge in [-0.15, -0.1) is 0 Å². The van der Waals surface area contributed by atoms with Gasteiger partial charge in [0, 0.05) is 18.2 Å². The largest absolute Gasteiger partial charge is 0.491 e. The van der Waals surface area contributed by atoms with E-state index in [0.717, 1.165) is 0 Å². The van der Waals surface area contributed by atoms with Crippen LogP contribution in [0.1, 0.15) is 22.1 Å². The highest BCUT2D eigenvalue weighted by Gasteiger charge is 2.38. The molecule has 0 fully saturated rings. The summed E-state index contributed by atoms with van der Waals surface area (Å²) in [5, 5.41) is 0. The van der Waals surface area contributed by atoms with E-state index in [4.69, 9.17) is 9.47 Å². The predicted octanol–water partition coefficient (Wildman–Crippen LogP) is 1.49. The molecule has 0 heterocycles. The molecule has 0 saturated heterocycles. The van der Waals surface area contributed by atoms with E-state index in [1.807, 2.05) is 0 Å². The Morgan fingerprint density at radius 1 is 1.29 bits per heavy atom. The fourth-order valence-corrected chi connectivity index (χ4v) is 1.67. The first-order valence-electron chi connectivity index (χ1n) is 5.13. The van der Waals surface area contributed by atoms with Gasteiger partial charge in [-0.2, -0.15) is 0 Å². The Labute approximate surface area is 97.3 Å². The molecule has 1 unspecified atom stereocenters. The van der Waals surface area contributed by atoms with Crippen LogP contribution in [0.4, 0.5) is 4.39 Å². The zero-order valence-corrected chi connectivity index (χ0v) is 9.23. The maximum atomic E-state index is 13.4. The first-order valence-corrected chi connectivity index (χ1v) is 5.13. The minimum absolute atomic E-state index is 0.0948. The maximum absolute atomic E-state index is 13.4. The second-order valence-corrected chi connectivity index (χ2v) is 3.65. The summed E-state index contributed by atoms with van der Waals surface area (Å²) in [4.78, 5) is 22.6. The van der Waals surface area contributed by atoms with Gasteiger partial charge in [0.15, 0.2) is 6.17 Å². The average Bonchev–Trinajstić information content (AvgIpc) is 2.55. The Balaban J connectivity index is 2.21. The van der Waals surface area contributed by atoms with Crippen molar-refractivity contribution in [3.63, 3.8) is 0 Å². The zero-order valence-electron chi connectivity index (χ0n) is 9.23. The van der Waals surface area contributed by atoms with Gasteiger partial charge in [-0.25, -0.2) is 4.39 Å². The van der Waals surface area contributed by atoms with E-state index in [-0.39, 0.29) is 11.1 Å². The molecule has 1 aliphatic rings. The number of halogens is 1. The van der Waals surface area contributed by atoms with Crippen LogP contribution in [-0.2, 0) is 9.53 Å². The van der Waals surface area contributed by atoms with Gasteiger partial charge in [0.1, 0.15) is 12.4 Å². The van der Waals surface area contributed by atoms with Gasteiger partial charge < -0.3 is 9.47 Å². The first-order chi connectivity index (χ1) is 8.15. The van der Waals surface area contributed by atoms with Crippen molar-refractivity contribution in [2.24, 2.45) is 0 Å². The van der Waals surface area contributed by atoms with E-state index in [2.05, 4.69) is 0 Å². The quantitative estimate of drug-likeness (QED) is 0.589. The Morgan fingerprint density at radius 2 is 2.06 bits per heavy atom. The summed E-state index contributed by atoms with van der Waals surface area (Å²) in [6.07, 6.45) is -1.83. The zero-order chi connectivity index (χ0) is 12.4. The number of benzene rings is 1. The third-order valence-corrected chi connectivity index (χ3v) is 2.55. The van der Waals surface area contributed by atoms with Crippen LogP contribution in [0, 0.1) is 0 Å². The van der Waals surface area contributed by atoms with E-state index in [9.17, 15) is 14.0 Å². The number of alkyl halides is 1. The minimum atomic E-state index is -1.83. The molecule has 1 atom stereocenters. The number of hydrogen-bond acceptors (Lipinski definition) is 4. The van der Waals surface area contributed by atoms with Crippen LogP contribution in [-0.4, -0.2) is 31.9 Å². The van der Waals surface area contributed by atoms with Crippen LogP contribution in [0.2, 0.25) is 0 Å². The number of ketones is 2. The molecule has 1 aromatic carbocycles. The van der Waals surface area contributed by atoms with E-state index in [1.165, 1.54) is 18.2 Å². The molecule has 0 amide bonds. The van der Waals surface area contributed by atoms with E-state index in [1.54, 1.807) is 7.11 Å². The molecule has 0 bridgehead atoms. The molecule has 0 aliphatic heterocycles. The van der Waals surface area contributed by atoms with Gasteiger partial charge in [-0.1, -0.05) is 6.07 Å². The van der Waals surface area contributed by atoms with Crippen molar-refractivity contribution in [1.82, 2.24) is 0 Å². The SMILES string of the molecule is COCCOc1ccc2c(c1)C(=O)C(=O)C2F. The molecule has 0 N–H and O–H groups in total. The molecule has 1 aromatic rings. The number of carbonyl (C=O) groups excluding carboxylic acids is 2. The molecule has 0 saturated carbocycles. The molecular formula is C12H11FO4. The fraction of sp³-hybridized carbons (Fsp3) is 0.333. The Bertz CT molecular complexity index is 470. The standard InChI is InChI=1S/C12H11FO4/c1-16-4-5-17-7-2-3-8-9(6-7)11(14)12(15)10(8)13/h2-3,6,10H,4-5H2,1H3. The molecular weight excluding hydrogens is 227 g/mol. The van der Waals surface area contributed by atoms with E-state index < -0.39 is 17.7 Å². The Kier molecular flexibility index (Phi) is 3.19. The summed E-state index contributed by atoms with van der Waals surface area (Å²) in [6, 6.07) is 4.34. The van der Waals surface area contributed by atoms with Crippen LogP contribution in [0.25, 0.3) is 0 Å². The first kappa shape index (κ1) is 11.7. The number of fused-ring (bicyclic) bond motifs is 1. The summed E-state index contributed by atoms with van der Waals surface area (Å²) >= 11 is 0. The van der Waals surface area contributed by atoms with Crippen molar-refractivity contribution < 1.29 is 23.5 Å². The summed E-state index contributed by atoms with van der Waals surface area (Å²) in [5.41, 5.74) is 0.219. The van der Waals surface area contributed by atoms with Gasteiger partial charge in [0.2, 0.25) is 11.6 Å². The van der Waals surface area contributed by atoms with Crippen LogP contribution >= 0.6 is 0 Å². The third kappa shape index (κ3) is 2.06. The van der Waals surface area contributed by atoms with Crippen molar-refractivity contribution in [2.45, 2.75) is 6.17 Å². The molecule has 90 valence electrons. The fourth-order valence-electron chi connectivity index (χ4n) is 1.67. The van der Waals surface area contributed by atoms with Gasteiger partial charge in [0.25, 0.3) is 0 Å². The minimum Gasteiger partial charge on any atom is -0.491 e. The van der Waals surface area contributed by atoms with Crippen molar-refractivity contribution in [3.8, 4) is 5.75 Å². The second-order valence-electron chi connectivity index (χ2n) is 3.65. The highest BCUT2D eigenvalue weighted by atomic mass is 19.1. The van der Waals surface area contributed by atoms with Gasteiger partial charge in [0.05, 0.1) is 6.61 Å². The number of methoxy groups -OCH3 is 1. The van der Waals surface area contributed by atoms with Gasteiger partial charge >= 0.3 is 0 Å². The molecule has 0 spiro atoms. The van der Waals surface area contributed by atoms with Crippen molar-refractivity contribution >= 4 is 11.6 Å². The molecule has 1 aliphatic carbocycles. The monoisotopic (exact) mass is 238 g/mol. The van der Waals surface area contributed by atoms with Crippen LogP contribution in [0.3, 0.4) is 0 Å². The summed E-state index contributed by atoms with van der Waals surface area (Å²) in [5.74, 6) is -1.37. The molecule has 17 heavy (non-hydrogen) atoms. The lowest BCUT2D eigenvalue weighted by atomic mass is 10.1. The molecule has 0 radical (unpaired) electrons. The average molecular weight is 238 g/mol. The van der Waals surface area contributed by atoms with Crippen molar-refractivity contribution in [2.75, 3.05) is 20.3 Å². The van der Waals surface area contributed by atoms with E-state index in [0.29, 0.717) is 19.0 Å². The van der Waals surface area contributed by atoms with Crippen LogP contribution in [0.15, 0.2) is 18.2 Å². The van der Waals surface area contributed by atoms with Crippen LogP contribution < -0.4 is 4.74 Å². The third-order valence-electron chi connectivity index (χ3n) is 2.55. The predicted molar refractivity (Wildman–Crippen MR) is 57.0 cm³/mol. The normalized spacial score (nSPS) is 18.4. The second kappa shape index (κ2) is 4.63. The molecule has 4 nitrogen and oxygen atoms in total. The van der Waals surface area contributed by atoms with Gasteiger partial charge in [-0.3, -0.25) is 9.59 Å². The van der Waals surface area contributed by atoms with Crippen molar-refractivity contribution in [1.29, 1.82) is 0 Å². The lowest BCUT2D eigenvalue weighted by Crippen LogP contribution is -2.08. The molecule has 0 aromatic heterocycles. The van der Waals surface area contributed by atoms with Crippen LogP contribution in [0.5, 0.6) is 5.75 Å². The highest BCUT2D eigenvalue weighted by molar-refractivity contribution is 6.48. The van der Waals surface area contributed by atoms with Gasteiger partial charge in [-0.05, 0) is 12.1 Å². The Hall–Kier alpha value is -1.75. The number of carbonyl (C=O) groups is 2. The number of ether oxygens (including phenoxy) is 2. The number of Topliss-reactive ketones (excluding diaryl/α,β-unsaturated/α-hetero) is 2. The number of rotatable bonds is 4. The topological polar surface area (TPSA) is 52.6 Å². The summed E-state index contributed by atoms with van der Waals surface area (Å²) in [6.45, 7) is 0.742. The lowest BCUT2D eigenvalue weighted by molar-refractivity contribution is -0.119. The lowest BCUT2D eigenvalue weighted by Gasteiger charge is -2.06. The maximum Gasteiger partial charge on any atom is 0.241 e. The van der Waals surface area contributed by atoms with E-state index >= 15 is 0 Å². The number of hydrogen-bond donors (Lipinski definition) is 0. The highest BCUT2D eigenvalue weighted by Crippen LogP contribution is 2.33.